The van der Waals surface area contributed by atoms with Crippen LogP contribution in [0.2, 0.25) is 0 Å². The summed E-state index contributed by atoms with van der Waals surface area (Å²) in [6.07, 6.45) is 11.4. The molecule has 0 atom stereocenters. The van der Waals surface area contributed by atoms with Gasteiger partial charge in [-0.3, -0.25) is 4.90 Å². The SMILES string of the molecule is c1ccc(CN(CCN2CCCCC2)C2CCCCC2)cc1. The minimum absolute atomic E-state index is 0.818. The van der Waals surface area contributed by atoms with Gasteiger partial charge in [-0.05, 0) is 44.3 Å². The Morgan fingerprint density at radius 1 is 0.864 bits per heavy atom. The highest BCUT2D eigenvalue weighted by atomic mass is 15.2. The summed E-state index contributed by atoms with van der Waals surface area (Å²) in [6.45, 7) is 6.30. The lowest BCUT2D eigenvalue weighted by Crippen LogP contribution is -2.42. The van der Waals surface area contributed by atoms with Gasteiger partial charge in [0.05, 0.1) is 0 Å². The number of benzene rings is 1. The number of hydrogen-bond acceptors (Lipinski definition) is 2. The Kier molecular flexibility index (Phi) is 6.32. The highest BCUT2D eigenvalue weighted by Crippen LogP contribution is 2.24. The molecule has 0 amide bonds. The maximum atomic E-state index is 2.78. The second-order valence-electron chi connectivity index (χ2n) is 7.15. The molecule has 0 radical (unpaired) electrons. The monoisotopic (exact) mass is 300 g/mol. The van der Waals surface area contributed by atoms with E-state index in [1.807, 2.05) is 0 Å². The van der Waals surface area contributed by atoms with E-state index in [9.17, 15) is 0 Å². The van der Waals surface area contributed by atoms with Gasteiger partial charge < -0.3 is 4.90 Å². The van der Waals surface area contributed by atoms with E-state index in [0.717, 1.165) is 12.6 Å². The molecule has 2 fully saturated rings. The molecule has 0 bridgehead atoms. The summed E-state index contributed by atoms with van der Waals surface area (Å²) < 4.78 is 0. The molecule has 0 spiro atoms. The van der Waals surface area contributed by atoms with Gasteiger partial charge in [-0.15, -0.1) is 0 Å². The third-order valence-electron chi connectivity index (χ3n) is 5.47. The zero-order valence-electron chi connectivity index (χ0n) is 14.1. The number of piperidine rings is 1. The lowest BCUT2D eigenvalue weighted by Gasteiger charge is -2.36. The smallest absolute Gasteiger partial charge is 0.0237 e. The fourth-order valence-electron chi connectivity index (χ4n) is 4.11. The molecule has 0 unspecified atom stereocenters. The molecule has 1 aliphatic heterocycles. The van der Waals surface area contributed by atoms with Crippen molar-refractivity contribution in [1.29, 1.82) is 0 Å². The van der Waals surface area contributed by atoms with Gasteiger partial charge in [-0.25, -0.2) is 0 Å². The molecule has 0 N–H and O–H groups in total. The third-order valence-corrected chi connectivity index (χ3v) is 5.47. The normalized spacial score (nSPS) is 21.3. The predicted octanol–water partition coefficient (Wildman–Crippen LogP) is 4.31. The molecule has 2 aliphatic rings. The van der Waals surface area contributed by atoms with Crippen LogP contribution >= 0.6 is 0 Å². The summed E-state index contributed by atoms with van der Waals surface area (Å²) in [5.74, 6) is 0. The van der Waals surface area contributed by atoms with Crippen LogP contribution in [0.25, 0.3) is 0 Å². The second-order valence-corrected chi connectivity index (χ2v) is 7.15. The topological polar surface area (TPSA) is 6.48 Å². The van der Waals surface area contributed by atoms with Crippen LogP contribution in [0.4, 0.5) is 0 Å². The molecule has 1 heterocycles. The van der Waals surface area contributed by atoms with Crippen LogP contribution in [0, 0.1) is 0 Å². The van der Waals surface area contributed by atoms with Gasteiger partial charge in [-0.1, -0.05) is 56.0 Å². The van der Waals surface area contributed by atoms with Crippen molar-refractivity contribution in [2.75, 3.05) is 26.2 Å². The van der Waals surface area contributed by atoms with Crippen molar-refractivity contribution in [1.82, 2.24) is 9.80 Å². The summed E-state index contributed by atoms with van der Waals surface area (Å²) in [6, 6.07) is 11.9. The van der Waals surface area contributed by atoms with Crippen LogP contribution in [-0.2, 0) is 6.54 Å². The first-order valence-corrected chi connectivity index (χ1v) is 9.42. The molecule has 22 heavy (non-hydrogen) atoms. The third kappa shape index (κ3) is 4.82. The van der Waals surface area contributed by atoms with Gasteiger partial charge in [0.1, 0.15) is 0 Å². The van der Waals surface area contributed by atoms with E-state index >= 15 is 0 Å². The van der Waals surface area contributed by atoms with E-state index < -0.39 is 0 Å². The molecule has 3 rings (SSSR count). The largest absolute Gasteiger partial charge is 0.302 e. The van der Waals surface area contributed by atoms with E-state index in [4.69, 9.17) is 0 Å². The van der Waals surface area contributed by atoms with Crippen LogP contribution in [0.15, 0.2) is 30.3 Å². The van der Waals surface area contributed by atoms with Gasteiger partial charge >= 0.3 is 0 Å². The standard InChI is InChI=1S/C20H32N2/c1-4-10-19(11-5-1)18-22(20-12-6-2-7-13-20)17-16-21-14-8-3-9-15-21/h1,4-5,10-11,20H,2-3,6-9,12-18H2. The van der Waals surface area contributed by atoms with Crippen LogP contribution in [-0.4, -0.2) is 42.0 Å². The number of rotatable bonds is 6. The van der Waals surface area contributed by atoms with Crippen molar-refractivity contribution in [2.45, 2.75) is 64.0 Å². The Bertz CT molecular complexity index is 405. The Balaban J connectivity index is 1.57. The molecule has 1 aliphatic carbocycles. The Labute approximate surface area is 136 Å². The lowest BCUT2D eigenvalue weighted by molar-refractivity contribution is 0.118. The van der Waals surface area contributed by atoms with Crippen molar-refractivity contribution >= 4 is 0 Å². The van der Waals surface area contributed by atoms with Gasteiger partial charge in [-0.2, -0.15) is 0 Å². The molecule has 1 saturated carbocycles. The zero-order valence-corrected chi connectivity index (χ0v) is 14.1. The molecule has 122 valence electrons. The fraction of sp³-hybridized carbons (Fsp3) is 0.700. The first kappa shape index (κ1) is 16.0. The minimum atomic E-state index is 0.818. The molecule has 2 heteroatoms. The molecular formula is C20H32N2. The highest BCUT2D eigenvalue weighted by Gasteiger charge is 2.22. The van der Waals surface area contributed by atoms with E-state index in [2.05, 4.69) is 40.1 Å². The average molecular weight is 300 g/mol. The van der Waals surface area contributed by atoms with Gasteiger partial charge in [0.2, 0.25) is 0 Å². The lowest BCUT2D eigenvalue weighted by atomic mass is 9.93. The zero-order chi connectivity index (χ0) is 15.0. The fourth-order valence-corrected chi connectivity index (χ4v) is 4.11. The summed E-state index contributed by atoms with van der Waals surface area (Å²) in [5, 5.41) is 0. The van der Waals surface area contributed by atoms with Crippen molar-refractivity contribution < 1.29 is 0 Å². The van der Waals surface area contributed by atoms with Gasteiger partial charge in [0.25, 0.3) is 0 Å². The van der Waals surface area contributed by atoms with Crippen LogP contribution in [0.3, 0.4) is 0 Å². The van der Waals surface area contributed by atoms with Crippen LogP contribution in [0.5, 0.6) is 0 Å². The molecule has 1 aromatic rings. The molecule has 2 nitrogen and oxygen atoms in total. The minimum Gasteiger partial charge on any atom is -0.302 e. The maximum absolute atomic E-state index is 2.78. The molecule has 1 saturated heterocycles. The van der Waals surface area contributed by atoms with Crippen molar-refractivity contribution in [2.24, 2.45) is 0 Å². The Hall–Kier alpha value is -0.860. The van der Waals surface area contributed by atoms with Crippen LogP contribution < -0.4 is 0 Å². The maximum Gasteiger partial charge on any atom is 0.0237 e. The number of nitrogens with zero attached hydrogens (tertiary/aromatic N) is 2. The van der Waals surface area contributed by atoms with Crippen molar-refractivity contribution in [3.8, 4) is 0 Å². The quantitative estimate of drug-likeness (QED) is 0.772. The first-order chi connectivity index (χ1) is 10.9. The van der Waals surface area contributed by atoms with Crippen LogP contribution in [0.1, 0.15) is 56.9 Å². The van der Waals surface area contributed by atoms with E-state index in [1.165, 1.54) is 83.1 Å². The summed E-state index contributed by atoms with van der Waals surface area (Å²) in [4.78, 5) is 5.47. The second kappa shape index (κ2) is 8.69. The highest BCUT2D eigenvalue weighted by molar-refractivity contribution is 5.14. The van der Waals surface area contributed by atoms with E-state index in [0.29, 0.717) is 0 Å². The summed E-state index contributed by atoms with van der Waals surface area (Å²) in [7, 11) is 0. The van der Waals surface area contributed by atoms with Gasteiger partial charge in [0.15, 0.2) is 0 Å². The van der Waals surface area contributed by atoms with Crippen molar-refractivity contribution in [3.63, 3.8) is 0 Å². The Morgan fingerprint density at radius 3 is 2.27 bits per heavy atom. The van der Waals surface area contributed by atoms with E-state index in [1.54, 1.807) is 0 Å². The first-order valence-electron chi connectivity index (χ1n) is 9.42. The van der Waals surface area contributed by atoms with Gasteiger partial charge in [0, 0.05) is 25.7 Å². The predicted molar refractivity (Wildman–Crippen MR) is 94.0 cm³/mol. The summed E-state index contributed by atoms with van der Waals surface area (Å²) in [5.41, 5.74) is 1.48. The van der Waals surface area contributed by atoms with E-state index in [-0.39, 0.29) is 0 Å². The number of hydrogen-bond donors (Lipinski definition) is 0. The van der Waals surface area contributed by atoms with Crippen molar-refractivity contribution in [3.05, 3.63) is 35.9 Å². The average Bonchev–Trinajstić information content (AvgIpc) is 2.61. The summed E-state index contributed by atoms with van der Waals surface area (Å²) >= 11 is 0. The Morgan fingerprint density at radius 2 is 1.55 bits per heavy atom. The molecule has 0 aromatic heterocycles. The molecular weight excluding hydrogens is 268 g/mol. The number of likely N-dealkylation sites (tertiary alicyclic amines) is 1. The molecule has 1 aromatic carbocycles.